The first kappa shape index (κ1) is 41.0. The van der Waals surface area contributed by atoms with Crippen molar-refractivity contribution in [1.82, 2.24) is 49.8 Å². The molecule has 0 bridgehead atoms. The Morgan fingerprint density at radius 1 is 0.887 bits per heavy atom. The standard InChI is InChI=1S/C43H50N12O7/c1-25-3-2-4-33(48-25)40(58)50-28-19-29(20-28)54-24-47-37-38(45-23-46-39(37)54)49-26-9-13-52(14-10-26)17-18-62-30-11-15-53(16-12-30)36(57)22-44-27-5-6-31-32(21-27)43(61)55(42(31)60)34-7-8-35(56)51-41(34)59/h2-6,21,23-24,26,28-30,34,44H,7-20,22H2,1H3,(H,50,58)(H,45,46,49)(H,51,56,59)/t28?,29?,34-/m0/s1. The number of anilines is 2. The van der Waals surface area contributed by atoms with E-state index in [0.717, 1.165) is 85.7 Å². The van der Waals surface area contributed by atoms with Gasteiger partial charge in [0.1, 0.15) is 23.6 Å². The van der Waals surface area contributed by atoms with Gasteiger partial charge in [0.2, 0.25) is 17.7 Å². The lowest BCUT2D eigenvalue weighted by atomic mass is 9.86. The molecule has 7 heterocycles. The number of hydrogen-bond donors (Lipinski definition) is 4. The van der Waals surface area contributed by atoms with Crippen molar-refractivity contribution in [2.75, 3.05) is 56.5 Å². The summed E-state index contributed by atoms with van der Waals surface area (Å²) >= 11 is 0. The minimum atomic E-state index is -1.03. The fourth-order valence-corrected chi connectivity index (χ4v) is 9.07. The molecule has 5 aliphatic rings. The van der Waals surface area contributed by atoms with Crippen molar-refractivity contribution in [3.63, 3.8) is 0 Å². The smallest absolute Gasteiger partial charge is 0.270 e. The Kier molecular flexibility index (Phi) is 11.6. The van der Waals surface area contributed by atoms with Crippen LogP contribution in [0.15, 0.2) is 49.1 Å². The van der Waals surface area contributed by atoms with Gasteiger partial charge in [0.15, 0.2) is 11.5 Å². The predicted octanol–water partition coefficient (Wildman–Crippen LogP) is 2.06. The fourth-order valence-electron chi connectivity index (χ4n) is 9.07. The highest BCUT2D eigenvalue weighted by atomic mass is 16.5. The Balaban J connectivity index is 0.665. The largest absolute Gasteiger partial charge is 0.377 e. The van der Waals surface area contributed by atoms with E-state index in [0.29, 0.717) is 31.1 Å². The van der Waals surface area contributed by atoms with Gasteiger partial charge in [-0.1, -0.05) is 6.07 Å². The topological polar surface area (TPSA) is 226 Å². The van der Waals surface area contributed by atoms with Crippen molar-refractivity contribution >= 4 is 58.1 Å². The SMILES string of the molecule is Cc1cccc(C(=O)NC2CC(n3cnc4c(NC5CCN(CCOC6CCN(C(=O)CNc7ccc8c(c7)C(=O)N([C@H]7CCC(=O)NC7=O)C8=O)CC6)CC5)ncnc43)C2)n1. The zero-order chi connectivity index (χ0) is 42.9. The Morgan fingerprint density at radius 2 is 1.68 bits per heavy atom. The summed E-state index contributed by atoms with van der Waals surface area (Å²) in [5, 5.41) is 12.0. The van der Waals surface area contributed by atoms with Gasteiger partial charge in [-0.25, -0.2) is 19.9 Å². The van der Waals surface area contributed by atoms with E-state index >= 15 is 0 Å². The maximum absolute atomic E-state index is 13.2. The molecule has 19 nitrogen and oxygen atoms in total. The molecule has 6 amide bonds. The van der Waals surface area contributed by atoms with Gasteiger partial charge >= 0.3 is 0 Å². The highest BCUT2D eigenvalue weighted by molar-refractivity contribution is 6.23. The number of aryl methyl sites for hydroxylation is 1. The Bertz CT molecular complexity index is 2400. The summed E-state index contributed by atoms with van der Waals surface area (Å²) in [5.41, 5.74) is 3.64. The normalized spacial score (nSPS) is 22.4. The van der Waals surface area contributed by atoms with Crippen molar-refractivity contribution in [2.24, 2.45) is 0 Å². The molecule has 4 fully saturated rings. The summed E-state index contributed by atoms with van der Waals surface area (Å²) in [6.07, 6.45) is 8.63. The Morgan fingerprint density at radius 3 is 2.45 bits per heavy atom. The van der Waals surface area contributed by atoms with Crippen LogP contribution in [0.25, 0.3) is 11.2 Å². The van der Waals surface area contributed by atoms with E-state index in [1.54, 1.807) is 18.5 Å². The molecule has 1 saturated carbocycles. The van der Waals surface area contributed by atoms with Gasteiger partial charge < -0.3 is 35.1 Å². The summed E-state index contributed by atoms with van der Waals surface area (Å²) in [4.78, 5) is 99.1. The maximum Gasteiger partial charge on any atom is 0.270 e. The molecule has 4 N–H and O–H groups in total. The molecule has 19 heteroatoms. The number of ether oxygens (including phenoxy) is 1. The average molecular weight is 847 g/mol. The third-order valence-electron chi connectivity index (χ3n) is 12.7. The number of fused-ring (bicyclic) bond motifs is 2. The van der Waals surface area contributed by atoms with Crippen LogP contribution in [0.1, 0.15) is 94.3 Å². The lowest BCUT2D eigenvalue weighted by molar-refractivity contribution is -0.136. The lowest BCUT2D eigenvalue weighted by Crippen LogP contribution is -2.54. The lowest BCUT2D eigenvalue weighted by Gasteiger charge is -2.36. The van der Waals surface area contributed by atoms with E-state index < -0.39 is 29.7 Å². The number of piperidine rings is 3. The molecule has 62 heavy (non-hydrogen) atoms. The van der Waals surface area contributed by atoms with Crippen LogP contribution in [0, 0.1) is 6.92 Å². The van der Waals surface area contributed by atoms with Crippen LogP contribution in [0.2, 0.25) is 0 Å². The van der Waals surface area contributed by atoms with Crippen LogP contribution in [-0.4, -0.2) is 145 Å². The van der Waals surface area contributed by atoms with E-state index in [1.165, 1.54) is 12.1 Å². The molecular formula is C43H50N12O7. The second-order valence-electron chi connectivity index (χ2n) is 16.8. The molecule has 1 aromatic carbocycles. The predicted molar refractivity (Wildman–Crippen MR) is 224 cm³/mol. The van der Waals surface area contributed by atoms with Crippen LogP contribution in [0.3, 0.4) is 0 Å². The molecule has 0 radical (unpaired) electrons. The van der Waals surface area contributed by atoms with Crippen LogP contribution >= 0.6 is 0 Å². The number of amides is 6. The zero-order valence-corrected chi connectivity index (χ0v) is 34.5. The molecular weight excluding hydrogens is 797 g/mol. The van der Waals surface area contributed by atoms with Crippen LogP contribution in [0.5, 0.6) is 0 Å². The molecule has 324 valence electrons. The minimum Gasteiger partial charge on any atom is -0.377 e. The van der Waals surface area contributed by atoms with Gasteiger partial charge in [-0.2, -0.15) is 0 Å². The van der Waals surface area contributed by atoms with Gasteiger partial charge in [-0.15, -0.1) is 0 Å². The average Bonchev–Trinajstić information content (AvgIpc) is 3.79. The zero-order valence-electron chi connectivity index (χ0n) is 34.5. The highest BCUT2D eigenvalue weighted by Gasteiger charge is 2.44. The number of aromatic nitrogens is 5. The monoisotopic (exact) mass is 846 g/mol. The Labute approximate surface area is 357 Å². The first-order chi connectivity index (χ1) is 30.1. The molecule has 9 rings (SSSR count). The van der Waals surface area contributed by atoms with E-state index in [-0.39, 0.29) is 66.6 Å². The molecule has 4 aromatic rings. The number of hydrogen-bond acceptors (Lipinski definition) is 14. The quantitative estimate of drug-likeness (QED) is 0.141. The molecule has 0 spiro atoms. The van der Waals surface area contributed by atoms with Crippen molar-refractivity contribution in [3.8, 4) is 0 Å². The van der Waals surface area contributed by atoms with E-state index in [2.05, 4.69) is 50.7 Å². The third-order valence-corrected chi connectivity index (χ3v) is 12.7. The maximum atomic E-state index is 13.2. The summed E-state index contributed by atoms with van der Waals surface area (Å²) in [7, 11) is 0. The van der Waals surface area contributed by atoms with E-state index in [1.807, 2.05) is 30.3 Å². The molecule has 3 saturated heterocycles. The Hall–Kier alpha value is -6.34. The van der Waals surface area contributed by atoms with Crippen molar-refractivity contribution in [3.05, 3.63) is 71.6 Å². The number of rotatable bonds is 13. The summed E-state index contributed by atoms with van der Waals surface area (Å²) < 4.78 is 8.35. The second-order valence-corrected chi connectivity index (χ2v) is 16.8. The fraction of sp³-hybridized carbons (Fsp3) is 0.488. The number of imidazole rings is 1. The molecule has 1 atom stereocenters. The molecule has 3 aromatic heterocycles. The molecule has 4 aliphatic heterocycles. The highest BCUT2D eigenvalue weighted by Crippen LogP contribution is 2.35. The van der Waals surface area contributed by atoms with Crippen LogP contribution in [-0.2, 0) is 19.1 Å². The van der Waals surface area contributed by atoms with Gasteiger partial charge in [0, 0.05) is 68.7 Å². The number of carbonyl (C=O) groups is 6. The van der Waals surface area contributed by atoms with Crippen molar-refractivity contribution in [2.45, 2.75) is 88.6 Å². The van der Waals surface area contributed by atoms with Gasteiger partial charge in [0.05, 0.1) is 36.7 Å². The number of carbonyl (C=O) groups excluding carboxylic acids is 6. The first-order valence-electron chi connectivity index (χ1n) is 21.5. The number of nitrogens with one attached hydrogen (secondary N) is 4. The van der Waals surface area contributed by atoms with E-state index in [4.69, 9.17) is 4.74 Å². The van der Waals surface area contributed by atoms with Crippen LogP contribution < -0.4 is 21.3 Å². The number of pyridine rings is 1. The summed E-state index contributed by atoms with van der Waals surface area (Å²) in [5.74, 6) is -1.74. The van der Waals surface area contributed by atoms with Crippen molar-refractivity contribution in [1.29, 1.82) is 0 Å². The number of nitrogens with zero attached hydrogens (tertiary/aromatic N) is 8. The molecule has 1 aliphatic carbocycles. The number of imide groups is 2. The van der Waals surface area contributed by atoms with Gasteiger partial charge in [-0.05, 0) is 82.2 Å². The van der Waals surface area contributed by atoms with E-state index in [9.17, 15) is 28.8 Å². The van der Waals surface area contributed by atoms with Gasteiger partial charge in [0.25, 0.3) is 17.7 Å². The van der Waals surface area contributed by atoms with Crippen molar-refractivity contribution < 1.29 is 33.5 Å². The number of likely N-dealkylation sites (tertiary alicyclic amines) is 2. The number of benzene rings is 1. The second kappa shape index (κ2) is 17.6. The van der Waals surface area contributed by atoms with Gasteiger partial charge in [-0.3, -0.25) is 39.0 Å². The van der Waals surface area contributed by atoms with Crippen LogP contribution in [0.4, 0.5) is 11.5 Å². The summed E-state index contributed by atoms with van der Waals surface area (Å²) in [6, 6.07) is 9.62. The minimum absolute atomic E-state index is 0.0242. The third kappa shape index (κ3) is 8.58. The first-order valence-corrected chi connectivity index (χ1v) is 21.5. The summed E-state index contributed by atoms with van der Waals surface area (Å²) in [6.45, 7) is 6.39. The molecule has 0 unspecified atom stereocenters.